The zero-order valence-corrected chi connectivity index (χ0v) is 23.0. The van der Waals surface area contributed by atoms with Crippen molar-refractivity contribution < 1.29 is 19.1 Å². The fraction of sp³-hybridized carbons (Fsp3) is 0.188. The summed E-state index contributed by atoms with van der Waals surface area (Å²) >= 11 is 0. The molecule has 4 aromatic carbocycles. The summed E-state index contributed by atoms with van der Waals surface area (Å²) in [5.74, 6) is 1.45. The van der Waals surface area contributed by atoms with Gasteiger partial charge in [0.15, 0.2) is 0 Å². The number of aryl methyl sites for hydroxylation is 1. The van der Waals surface area contributed by atoms with Crippen LogP contribution in [0.3, 0.4) is 0 Å². The number of nitro benzene ring substituents is 1. The van der Waals surface area contributed by atoms with Crippen LogP contribution in [-0.2, 0) is 19.7 Å². The van der Waals surface area contributed by atoms with Crippen LogP contribution in [0, 0.1) is 10.1 Å². The number of para-hydroxylation sites is 1. The molecule has 0 aliphatic rings. The Labute approximate surface area is 241 Å². The third kappa shape index (κ3) is 6.33. The van der Waals surface area contributed by atoms with E-state index in [1.165, 1.54) is 21.3 Å². The maximum atomic E-state index is 13.9. The van der Waals surface area contributed by atoms with Gasteiger partial charge in [-0.1, -0.05) is 54.6 Å². The number of non-ortho nitro benzene ring substituents is 1. The minimum atomic E-state index is -0.485. The molecule has 5 rings (SSSR count). The first-order chi connectivity index (χ1) is 20.4. The number of nitro groups is 1. The summed E-state index contributed by atoms with van der Waals surface area (Å²) in [6, 6.07) is 27.9. The Morgan fingerprint density at radius 2 is 1.55 bits per heavy atom. The molecule has 1 aromatic heterocycles. The van der Waals surface area contributed by atoms with E-state index in [0.717, 1.165) is 11.1 Å². The zero-order valence-electron chi connectivity index (χ0n) is 23.0. The van der Waals surface area contributed by atoms with Gasteiger partial charge in [0.25, 0.3) is 11.2 Å². The first kappa shape index (κ1) is 28.2. The molecule has 10 nitrogen and oxygen atoms in total. The van der Waals surface area contributed by atoms with E-state index in [2.05, 4.69) is 0 Å². The van der Waals surface area contributed by atoms with E-state index in [4.69, 9.17) is 14.2 Å². The molecule has 0 unspecified atom stereocenters. The Hall–Kier alpha value is -5.38. The number of hydrogen-bond acceptors (Lipinski definition) is 7. The highest BCUT2D eigenvalue weighted by molar-refractivity contribution is 5.84. The second-order valence-corrected chi connectivity index (χ2v) is 9.56. The van der Waals surface area contributed by atoms with Gasteiger partial charge in [0.05, 0.1) is 36.6 Å². The molecular weight excluding hydrogens is 538 g/mol. The topological polar surface area (TPSA) is 115 Å². The third-order valence-electron chi connectivity index (χ3n) is 6.77. The van der Waals surface area contributed by atoms with Crippen LogP contribution >= 0.6 is 0 Å². The number of fused-ring (bicyclic) bond motifs is 1. The smallest absolute Gasteiger partial charge is 0.331 e. The second-order valence-electron chi connectivity index (χ2n) is 9.56. The number of methoxy groups -OCH3 is 1. The first-order valence-electron chi connectivity index (χ1n) is 13.4. The van der Waals surface area contributed by atoms with Crippen molar-refractivity contribution in [3.05, 3.63) is 139 Å². The van der Waals surface area contributed by atoms with Crippen LogP contribution < -0.4 is 25.5 Å². The highest BCUT2D eigenvalue weighted by Crippen LogP contribution is 2.25. The van der Waals surface area contributed by atoms with Gasteiger partial charge >= 0.3 is 5.69 Å². The molecule has 0 N–H and O–H groups in total. The molecule has 10 heteroatoms. The SMILES string of the molecule is COc1ccc(Cn2c(=O)c3cccc(OCc4ccccc4)c3n(CCCOc3cccc([N+](=O)[O-])c3)c2=O)cc1. The van der Waals surface area contributed by atoms with Crippen LogP contribution in [0.5, 0.6) is 17.2 Å². The third-order valence-corrected chi connectivity index (χ3v) is 6.77. The lowest BCUT2D eigenvalue weighted by atomic mass is 10.2. The van der Waals surface area contributed by atoms with E-state index in [-0.39, 0.29) is 32.0 Å². The predicted molar refractivity (Wildman–Crippen MR) is 159 cm³/mol. The van der Waals surface area contributed by atoms with Crippen LogP contribution in [0.15, 0.2) is 107 Å². The Morgan fingerprint density at radius 3 is 2.29 bits per heavy atom. The summed E-state index contributed by atoms with van der Waals surface area (Å²) in [6.07, 6.45) is 0.394. The second kappa shape index (κ2) is 12.9. The minimum Gasteiger partial charge on any atom is -0.497 e. The van der Waals surface area contributed by atoms with Crippen molar-refractivity contribution in [3.63, 3.8) is 0 Å². The largest absolute Gasteiger partial charge is 0.497 e. The van der Waals surface area contributed by atoms with Gasteiger partial charge in [-0.3, -0.25) is 24.0 Å². The van der Waals surface area contributed by atoms with E-state index < -0.39 is 16.2 Å². The van der Waals surface area contributed by atoms with Gasteiger partial charge in [0.1, 0.15) is 29.4 Å². The fourth-order valence-corrected chi connectivity index (χ4v) is 4.66. The van der Waals surface area contributed by atoms with Gasteiger partial charge in [-0.2, -0.15) is 0 Å². The molecular formula is C32H29N3O7. The van der Waals surface area contributed by atoms with Crippen molar-refractivity contribution in [1.82, 2.24) is 9.13 Å². The molecule has 0 atom stereocenters. The van der Waals surface area contributed by atoms with E-state index >= 15 is 0 Å². The van der Waals surface area contributed by atoms with Crippen molar-refractivity contribution in [2.75, 3.05) is 13.7 Å². The number of ether oxygens (including phenoxy) is 3. The Balaban J connectivity index is 1.48. The van der Waals surface area contributed by atoms with E-state index in [0.29, 0.717) is 34.6 Å². The molecule has 0 bridgehead atoms. The maximum Gasteiger partial charge on any atom is 0.331 e. The Morgan fingerprint density at radius 1 is 0.786 bits per heavy atom. The lowest BCUT2D eigenvalue weighted by molar-refractivity contribution is -0.384. The normalized spacial score (nSPS) is 10.9. The van der Waals surface area contributed by atoms with Crippen molar-refractivity contribution in [2.45, 2.75) is 26.1 Å². The summed E-state index contributed by atoms with van der Waals surface area (Å²) < 4.78 is 19.9. The summed E-state index contributed by atoms with van der Waals surface area (Å²) in [5.41, 5.74) is 1.16. The van der Waals surface area contributed by atoms with Gasteiger partial charge in [0.2, 0.25) is 0 Å². The molecule has 0 spiro atoms. The highest BCUT2D eigenvalue weighted by Gasteiger charge is 2.18. The monoisotopic (exact) mass is 567 g/mol. The summed E-state index contributed by atoms with van der Waals surface area (Å²) in [5, 5.41) is 11.4. The molecule has 42 heavy (non-hydrogen) atoms. The number of aromatic nitrogens is 2. The lowest BCUT2D eigenvalue weighted by Crippen LogP contribution is -2.40. The fourth-order valence-electron chi connectivity index (χ4n) is 4.66. The number of hydrogen-bond donors (Lipinski definition) is 0. The average Bonchev–Trinajstić information content (AvgIpc) is 3.02. The minimum absolute atomic E-state index is 0.0690. The highest BCUT2D eigenvalue weighted by atomic mass is 16.6. The van der Waals surface area contributed by atoms with Gasteiger partial charge in [-0.05, 0) is 47.9 Å². The Bertz CT molecular complexity index is 1810. The van der Waals surface area contributed by atoms with Crippen LogP contribution in [0.25, 0.3) is 10.9 Å². The summed E-state index contributed by atoms with van der Waals surface area (Å²) in [6.45, 7) is 0.758. The number of rotatable bonds is 12. The molecule has 5 aromatic rings. The standard InChI is InChI=1S/C32H29N3O7/c1-40-26-16-14-23(15-17-26)21-34-31(36)28-12-6-13-29(42-22-24-8-3-2-4-9-24)30(28)33(32(34)37)18-7-19-41-27-11-5-10-25(20-27)35(38)39/h2-6,8-17,20H,7,18-19,21-22H2,1H3. The van der Waals surface area contributed by atoms with Crippen LogP contribution in [0.1, 0.15) is 17.5 Å². The zero-order chi connectivity index (χ0) is 29.5. The van der Waals surface area contributed by atoms with Gasteiger partial charge in [0, 0.05) is 12.6 Å². The Kier molecular flexibility index (Phi) is 8.62. The van der Waals surface area contributed by atoms with Crippen LogP contribution in [-0.4, -0.2) is 27.8 Å². The molecule has 0 amide bonds. The quantitative estimate of drug-likeness (QED) is 0.116. The lowest BCUT2D eigenvalue weighted by Gasteiger charge is -2.17. The molecule has 0 saturated heterocycles. The molecule has 1 heterocycles. The van der Waals surface area contributed by atoms with Crippen molar-refractivity contribution >= 4 is 16.6 Å². The van der Waals surface area contributed by atoms with E-state index in [1.807, 2.05) is 42.5 Å². The molecule has 0 fully saturated rings. The molecule has 214 valence electrons. The van der Waals surface area contributed by atoms with E-state index in [9.17, 15) is 19.7 Å². The number of benzene rings is 4. The van der Waals surface area contributed by atoms with Crippen molar-refractivity contribution in [1.29, 1.82) is 0 Å². The first-order valence-corrected chi connectivity index (χ1v) is 13.4. The summed E-state index contributed by atoms with van der Waals surface area (Å²) in [7, 11) is 1.57. The molecule has 0 saturated carbocycles. The molecule has 0 aliphatic carbocycles. The van der Waals surface area contributed by atoms with Gasteiger partial charge in [-0.15, -0.1) is 0 Å². The van der Waals surface area contributed by atoms with Gasteiger partial charge in [-0.25, -0.2) is 4.79 Å². The molecule has 0 aliphatic heterocycles. The van der Waals surface area contributed by atoms with E-state index in [1.54, 1.807) is 49.6 Å². The predicted octanol–water partition coefficient (Wildman–Crippen LogP) is 5.18. The maximum absolute atomic E-state index is 13.9. The average molecular weight is 568 g/mol. The summed E-state index contributed by atoms with van der Waals surface area (Å²) in [4.78, 5) is 38.1. The van der Waals surface area contributed by atoms with Crippen molar-refractivity contribution in [3.8, 4) is 17.2 Å². The van der Waals surface area contributed by atoms with Gasteiger partial charge < -0.3 is 14.2 Å². The van der Waals surface area contributed by atoms with Crippen LogP contribution in [0.2, 0.25) is 0 Å². The molecule has 0 radical (unpaired) electrons. The number of nitrogens with zero attached hydrogens (tertiary/aromatic N) is 3. The van der Waals surface area contributed by atoms with Crippen molar-refractivity contribution in [2.24, 2.45) is 0 Å². The van der Waals surface area contributed by atoms with Crippen LogP contribution in [0.4, 0.5) is 5.69 Å².